The first kappa shape index (κ1) is 18.2. The molecule has 0 aliphatic carbocycles. The van der Waals surface area contributed by atoms with Gasteiger partial charge < -0.3 is 28.2 Å². The number of rotatable bonds is 4. The molecule has 26 heavy (non-hydrogen) atoms. The number of carbonyl (C=O) groups excluding carboxylic acids is 2. The van der Waals surface area contributed by atoms with Gasteiger partial charge in [-0.2, -0.15) is 0 Å². The molecule has 146 valence electrons. The number of hydrogen-bond donors (Lipinski definition) is 0. The van der Waals surface area contributed by atoms with Gasteiger partial charge in [0.1, 0.15) is 39.3 Å². The molecule has 0 spiro atoms. The maximum atomic E-state index is 12.7. The van der Waals surface area contributed by atoms with Gasteiger partial charge in [0.15, 0.2) is 13.1 Å². The molecule has 8 nitrogen and oxygen atoms in total. The smallest absolute Gasteiger partial charge is 0.278 e. The van der Waals surface area contributed by atoms with E-state index in [-0.39, 0.29) is 11.8 Å². The van der Waals surface area contributed by atoms with E-state index in [4.69, 9.17) is 9.47 Å². The Bertz CT molecular complexity index is 471. The van der Waals surface area contributed by atoms with E-state index in [1.165, 1.54) is 0 Å². The predicted octanol–water partition coefficient (Wildman–Crippen LogP) is -1.64. The van der Waals surface area contributed by atoms with Crippen LogP contribution in [0.5, 0.6) is 0 Å². The molecule has 0 atom stereocenters. The van der Waals surface area contributed by atoms with Gasteiger partial charge in [-0.3, -0.25) is 9.59 Å². The standard InChI is InChI=1S/C18H32N4O4/c23-17(19-1-11-25-12-2-19)15-21-5-8-22(9-6-21,10-7-21)16-18(24)20-3-13-26-14-4-20/h1-16H2/q+2. The first-order chi connectivity index (χ1) is 12.6. The fraction of sp³-hybridized carbons (Fsp3) is 0.889. The second kappa shape index (κ2) is 7.42. The molecule has 0 aromatic heterocycles. The molecule has 0 unspecified atom stereocenters. The van der Waals surface area contributed by atoms with Gasteiger partial charge in [-0.15, -0.1) is 0 Å². The zero-order chi connectivity index (χ0) is 18.0. The van der Waals surface area contributed by atoms with Crippen LogP contribution in [-0.2, 0) is 19.1 Å². The van der Waals surface area contributed by atoms with Gasteiger partial charge in [-0.05, 0) is 0 Å². The van der Waals surface area contributed by atoms with Gasteiger partial charge in [0.25, 0.3) is 11.8 Å². The van der Waals surface area contributed by atoms with Crippen molar-refractivity contribution in [3.05, 3.63) is 0 Å². The Kier molecular flexibility index (Phi) is 5.18. The molecule has 5 saturated heterocycles. The summed E-state index contributed by atoms with van der Waals surface area (Å²) in [4.78, 5) is 29.3. The molecule has 5 rings (SSSR count). The van der Waals surface area contributed by atoms with Crippen molar-refractivity contribution in [2.75, 3.05) is 105 Å². The predicted molar refractivity (Wildman–Crippen MR) is 94.3 cm³/mol. The number of piperazine rings is 3. The van der Waals surface area contributed by atoms with Crippen molar-refractivity contribution in [3.63, 3.8) is 0 Å². The van der Waals surface area contributed by atoms with Gasteiger partial charge in [-0.1, -0.05) is 0 Å². The summed E-state index contributed by atoms with van der Waals surface area (Å²) in [7, 11) is 0. The summed E-state index contributed by atoms with van der Waals surface area (Å²) in [6.45, 7) is 12.9. The van der Waals surface area contributed by atoms with Gasteiger partial charge in [-0.25, -0.2) is 0 Å². The summed E-state index contributed by atoms with van der Waals surface area (Å²) >= 11 is 0. The van der Waals surface area contributed by atoms with Crippen LogP contribution in [0.3, 0.4) is 0 Å². The van der Waals surface area contributed by atoms with E-state index in [1.807, 2.05) is 9.80 Å². The van der Waals surface area contributed by atoms with Crippen LogP contribution >= 0.6 is 0 Å². The third-order valence-corrected chi connectivity index (χ3v) is 6.81. The Morgan fingerprint density at radius 2 is 0.923 bits per heavy atom. The van der Waals surface area contributed by atoms with Crippen molar-refractivity contribution in [2.24, 2.45) is 0 Å². The Morgan fingerprint density at radius 1 is 0.615 bits per heavy atom. The van der Waals surface area contributed by atoms with E-state index in [1.54, 1.807) is 0 Å². The Balaban J connectivity index is 1.31. The molecule has 0 saturated carbocycles. The van der Waals surface area contributed by atoms with Crippen molar-refractivity contribution in [2.45, 2.75) is 0 Å². The zero-order valence-corrected chi connectivity index (χ0v) is 15.7. The van der Waals surface area contributed by atoms with E-state index < -0.39 is 0 Å². The fourth-order valence-electron chi connectivity index (χ4n) is 4.82. The van der Waals surface area contributed by atoms with Crippen LogP contribution < -0.4 is 0 Å². The minimum atomic E-state index is 0.277. The molecule has 5 aliphatic heterocycles. The summed E-state index contributed by atoms with van der Waals surface area (Å²) in [5.74, 6) is 0.555. The maximum absolute atomic E-state index is 12.7. The molecule has 0 aromatic carbocycles. The molecule has 2 amide bonds. The van der Waals surface area contributed by atoms with E-state index in [0.29, 0.717) is 39.5 Å². The van der Waals surface area contributed by atoms with Crippen molar-refractivity contribution >= 4 is 11.8 Å². The highest BCUT2D eigenvalue weighted by Crippen LogP contribution is 2.27. The number of hydrogen-bond acceptors (Lipinski definition) is 4. The van der Waals surface area contributed by atoms with Crippen LogP contribution in [0.15, 0.2) is 0 Å². The van der Waals surface area contributed by atoms with Crippen molar-refractivity contribution in [3.8, 4) is 0 Å². The lowest BCUT2D eigenvalue weighted by atomic mass is 10.1. The van der Waals surface area contributed by atoms with E-state index in [2.05, 4.69) is 0 Å². The Hall–Kier alpha value is -1.22. The highest BCUT2D eigenvalue weighted by molar-refractivity contribution is 5.78. The molecule has 5 fully saturated rings. The normalized spacial score (nSPS) is 34.8. The number of amides is 2. The monoisotopic (exact) mass is 368 g/mol. The van der Waals surface area contributed by atoms with Crippen LogP contribution in [0.1, 0.15) is 0 Å². The molecular formula is C18H32N4O4+2. The molecule has 0 aromatic rings. The van der Waals surface area contributed by atoms with Crippen LogP contribution in [-0.4, -0.2) is 136 Å². The Morgan fingerprint density at radius 3 is 1.23 bits per heavy atom. The van der Waals surface area contributed by atoms with Gasteiger partial charge in [0.05, 0.1) is 26.4 Å². The first-order valence-corrected chi connectivity index (χ1v) is 10.0. The highest BCUT2D eigenvalue weighted by atomic mass is 16.5. The molecule has 5 aliphatic rings. The van der Waals surface area contributed by atoms with E-state index in [0.717, 1.165) is 74.4 Å². The first-order valence-electron chi connectivity index (χ1n) is 10.0. The summed E-state index contributed by atoms with van der Waals surface area (Å²) in [5, 5.41) is 0. The number of quaternary nitrogens is 2. The quantitative estimate of drug-likeness (QED) is 0.559. The minimum absolute atomic E-state index is 0.277. The lowest BCUT2D eigenvalue weighted by molar-refractivity contribution is -1.07. The van der Waals surface area contributed by atoms with Crippen molar-refractivity contribution in [1.82, 2.24) is 9.80 Å². The number of ether oxygens (including phenoxy) is 2. The summed E-state index contributed by atoms with van der Waals surface area (Å²) in [5.41, 5.74) is 0. The topological polar surface area (TPSA) is 59.1 Å². The summed E-state index contributed by atoms with van der Waals surface area (Å²) < 4.78 is 12.5. The average molecular weight is 368 g/mol. The maximum Gasteiger partial charge on any atom is 0.278 e. The molecular weight excluding hydrogens is 336 g/mol. The third-order valence-electron chi connectivity index (χ3n) is 6.81. The lowest BCUT2D eigenvalue weighted by Gasteiger charge is -2.55. The van der Waals surface area contributed by atoms with Crippen LogP contribution in [0, 0.1) is 0 Å². The summed E-state index contributed by atoms with van der Waals surface area (Å²) in [6, 6.07) is 0. The van der Waals surface area contributed by atoms with Crippen molar-refractivity contribution in [1.29, 1.82) is 0 Å². The van der Waals surface area contributed by atoms with Crippen LogP contribution in [0.25, 0.3) is 0 Å². The largest absolute Gasteiger partial charge is 0.378 e. The number of carbonyl (C=O) groups is 2. The van der Waals surface area contributed by atoms with E-state index in [9.17, 15) is 9.59 Å². The zero-order valence-electron chi connectivity index (χ0n) is 15.7. The number of nitrogens with zero attached hydrogens (tertiary/aromatic N) is 4. The lowest BCUT2D eigenvalue weighted by Crippen LogP contribution is -2.77. The second-order valence-electron chi connectivity index (χ2n) is 8.33. The van der Waals surface area contributed by atoms with Crippen LogP contribution in [0.2, 0.25) is 0 Å². The van der Waals surface area contributed by atoms with Gasteiger partial charge in [0, 0.05) is 26.2 Å². The highest BCUT2D eigenvalue weighted by Gasteiger charge is 2.51. The fourth-order valence-corrected chi connectivity index (χ4v) is 4.82. The second-order valence-corrected chi connectivity index (χ2v) is 8.33. The SMILES string of the molecule is O=C(C[N+]12CC[N+](CC(=O)N3CCOCC3)(CC1)CC2)N1CCOCC1. The molecule has 8 heteroatoms. The molecule has 2 bridgehead atoms. The Labute approximate surface area is 155 Å². The van der Waals surface area contributed by atoms with Gasteiger partial charge >= 0.3 is 0 Å². The average Bonchev–Trinajstić information content (AvgIpc) is 2.70. The minimum Gasteiger partial charge on any atom is -0.378 e. The van der Waals surface area contributed by atoms with Gasteiger partial charge in [0.2, 0.25) is 0 Å². The molecule has 0 radical (unpaired) electrons. The number of fused-ring (bicyclic) bond motifs is 3. The summed E-state index contributed by atoms with van der Waals surface area (Å²) in [6.07, 6.45) is 0. The van der Waals surface area contributed by atoms with Crippen LogP contribution in [0.4, 0.5) is 0 Å². The van der Waals surface area contributed by atoms with E-state index >= 15 is 0 Å². The van der Waals surface area contributed by atoms with Crippen molar-refractivity contribution < 1.29 is 28.0 Å². The molecule has 5 heterocycles. The number of morpholine rings is 2. The molecule has 0 N–H and O–H groups in total. The third kappa shape index (κ3) is 3.74.